The Bertz CT molecular complexity index is 604. The number of nitrogens with zero attached hydrogens (tertiary/aromatic N) is 1. The molecule has 0 unspecified atom stereocenters. The van der Waals surface area contributed by atoms with Gasteiger partial charge in [0.2, 0.25) is 5.91 Å². The molecule has 0 aromatic heterocycles. The zero-order valence-electron chi connectivity index (χ0n) is 12.8. The first-order chi connectivity index (χ1) is 10.3. The van der Waals surface area contributed by atoms with Crippen molar-refractivity contribution in [3.8, 4) is 6.07 Å². The third kappa shape index (κ3) is 7.01. The van der Waals surface area contributed by atoms with E-state index >= 15 is 0 Å². The van der Waals surface area contributed by atoms with Gasteiger partial charge in [-0.3, -0.25) is 14.9 Å². The van der Waals surface area contributed by atoms with E-state index in [4.69, 9.17) is 10.00 Å². The van der Waals surface area contributed by atoms with Crippen LogP contribution in [0.2, 0.25) is 0 Å². The lowest BCUT2D eigenvalue weighted by atomic mass is 10.1. The Hall–Kier alpha value is -2.94. The van der Waals surface area contributed by atoms with Crippen LogP contribution in [0.1, 0.15) is 20.8 Å². The number of hydrogen-bond donors (Lipinski definition) is 1. The van der Waals surface area contributed by atoms with Crippen molar-refractivity contribution < 1.29 is 19.1 Å². The van der Waals surface area contributed by atoms with Crippen molar-refractivity contribution >= 4 is 17.8 Å². The standard InChI is InChI=1S/C16H18N2O4/c1-5-14(19)18-15(20)12(4)7-8-13(9-11(3)10-17)16(21)22-6-2/h5,7-9H,1,6H2,2-4H3,(H,18,19,20). The molecule has 0 aliphatic rings. The van der Waals surface area contributed by atoms with Gasteiger partial charge in [-0.25, -0.2) is 4.79 Å². The Balaban J connectivity index is 5.35. The van der Waals surface area contributed by atoms with Gasteiger partial charge in [0.05, 0.1) is 18.2 Å². The van der Waals surface area contributed by atoms with Crippen LogP contribution < -0.4 is 5.32 Å². The maximum atomic E-state index is 11.8. The number of nitriles is 1. The largest absolute Gasteiger partial charge is 0.462 e. The molecule has 0 rings (SSSR count). The lowest BCUT2D eigenvalue weighted by molar-refractivity contribution is -0.138. The van der Waals surface area contributed by atoms with E-state index in [1.54, 1.807) is 13.8 Å². The molecule has 2 amide bonds. The molecule has 0 bridgehead atoms. The zero-order chi connectivity index (χ0) is 17.1. The van der Waals surface area contributed by atoms with Crippen molar-refractivity contribution in [3.63, 3.8) is 0 Å². The van der Waals surface area contributed by atoms with Crippen molar-refractivity contribution in [1.82, 2.24) is 5.32 Å². The molecule has 0 aliphatic heterocycles. The topological polar surface area (TPSA) is 96.3 Å². The first kappa shape index (κ1) is 19.1. The van der Waals surface area contributed by atoms with Crippen LogP contribution in [-0.2, 0) is 19.1 Å². The molecule has 116 valence electrons. The number of carbonyl (C=O) groups excluding carboxylic acids is 3. The number of imide groups is 1. The molecular formula is C16H18N2O4. The quantitative estimate of drug-likeness (QED) is 0.349. The number of allylic oxidation sites excluding steroid dienone is 3. The maximum absolute atomic E-state index is 11.8. The van der Waals surface area contributed by atoms with Gasteiger partial charge in [0.1, 0.15) is 0 Å². The summed E-state index contributed by atoms with van der Waals surface area (Å²) >= 11 is 0. The summed E-state index contributed by atoms with van der Waals surface area (Å²) in [6, 6.07) is 1.89. The first-order valence-corrected chi connectivity index (χ1v) is 6.47. The summed E-state index contributed by atoms with van der Waals surface area (Å²) in [6.45, 7) is 8.10. The number of amides is 2. The second-order valence-electron chi connectivity index (χ2n) is 4.15. The molecule has 1 N–H and O–H groups in total. The Morgan fingerprint density at radius 2 is 1.91 bits per heavy atom. The highest BCUT2D eigenvalue weighted by Gasteiger charge is 2.09. The van der Waals surface area contributed by atoms with E-state index in [1.165, 1.54) is 25.2 Å². The summed E-state index contributed by atoms with van der Waals surface area (Å²) < 4.78 is 4.87. The molecule has 0 saturated carbocycles. The first-order valence-electron chi connectivity index (χ1n) is 6.47. The predicted molar refractivity (Wildman–Crippen MR) is 81.2 cm³/mol. The van der Waals surface area contributed by atoms with Crippen molar-refractivity contribution in [2.24, 2.45) is 0 Å². The van der Waals surface area contributed by atoms with E-state index in [2.05, 4.69) is 11.9 Å². The van der Waals surface area contributed by atoms with E-state index in [9.17, 15) is 14.4 Å². The van der Waals surface area contributed by atoms with Gasteiger partial charge in [0.25, 0.3) is 5.91 Å². The molecule has 0 saturated heterocycles. The van der Waals surface area contributed by atoms with Crippen LogP contribution in [0.3, 0.4) is 0 Å². The van der Waals surface area contributed by atoms with Gasteiger partial charge in [-0.15, -0.1) is 0 Å². The second kappa shape index (κ2) is 9.88. The minimum atomic E-state index is -0.618. The molecule has 0 fully saturated rings. The fraction of sp³-hybridized carbons (Fsp3) is 0.250. The summed E-state index contributed by atoms with van der Waals surface area (Å²) in [7, 11) is 0. The SMILES string of the molecule is C=CC(=O)NC(=O)C(C)=CC=C(C=C(C)C#N)C(=O)OCC. The molecular weight excluding hydrogens is 284 g/mol. The van der Waals surface area contributed by atoms with Crippen molar-refractivity contribution in [1.29, 1.82) is 5.26 Å². The van der Waals surface area contributed by atoms with Crippen LogP contribution in [0.5, 0.6) is 0 Å². The number of nitrogens with one attached hydrogen (secondary N) is 1. The van der Waals surface area contributed by atoms with Crippen molar-refractivity contribution in [2.75, 3.05) is 6.61 Å². The second-order valence-corrected chi connectivity index (χ2v) is 4.15. The predicted octanol–water partition coefficient (Wildman–Crippen LogP) is 1.72. The van der Waals surface area contributed by atoms with E-state index in [-0.39, 0.29) is 17.8 Å². The lowest BCUT2D eigenvalue weighted by Gasteiger charge is -2.03. The normalized spacial score (nSPS) is 12.2. The van der Waals surface area contributed by atoms with Gasteiger partial charge in [-0.05, 0) is 39.0 Å². The fourth-order valence-corrected chi connectivity index (χ4v) is 1.21. The molecule has 0 radical (unpaired) electrons. The zero-order valence-corrected chi connectivity index (χ0v) is 12.8. The molecule has 0 aromatic carbocycles. The average molecular weight is 302 g/mol. The number of hydrogen-bond acceptors (Lipinski definition) is 5. The van der Waals surface area contributed by atoms with Gasteiger partial charge >= 0.3 is 5.97 Å². The van der Waals surface area contributed by atoms with Gasteiger partial charge in [0.15, 0.2) is 0 Å². The minimum Gasteiger partial charge on any atom is -0.462 e. The van der Waals surface area contributed by atoms with E-state index in [0.717, 1.165) is 6.08 Å². The smallest absolute Gasteiger partial charge is 0.338 e. The van der Waals surface area contributed by atoms with Crippen LogP contribution >= 0.6 is 0 Å². The van der Waals surface area contributed by atoms with Crippen molar-refractivity contribution in [3.05, 3.63) is 47.6 Å². The molecule has 0 aromatic rings. The number of rotatable bonds is 6. The third-order valence-corrected chi connectivity index (χ3v) is 2.35. The third-order valence-electron chi connectivity index (χ3n) is 2.35. The molecule has 0 atom stereocenters. The van der Waals surface area contributed by atoms with Crippen LogP contribution in [0.25, 0.3) is 0 Å². The molecule has 22 heavy (non-hydrogen) atoms. The van der Waals surface area contributed by atoms with Crippen molar-refractivity contribution in [2.45, 2.75) is 20.8 Å². The molecule has 0 heterocycles. The monoisotopic (exact) mass is 302 g/mol. The Morgan fingerprint density at radius 1 is 1.27 bits per heavy atom. The van der Waals surface area contributed by atoms with Gasteiger partial charge < -0.3 is 4.74 Å². The Kier molecular flexibility index (Phi) is 8.56. The highest BCUT2D eigenvalue weighted by molar-refractivity contribution is 6.07. The average Bonchev–Trinajstić information content (AvgIpc) is 2.50. The lowest BCUT2D eigenvalue weighted by Crippen LogP contribution is -2.29. The summed E-state index contributed by atoms with van der Waals surface area (Å²) in [4.78, 5) is 34.4. The minimum absolute atomic E-state index is 0.128. The fourth-order valence-electron chi connectivity index (χ4n) is 1.21. The van der Waals surface area contributed by atoms with Crippen LogP contribution in [0.15, 0.2) is 47.6 Å². The van der Waals surface area contributed by atoms with Gasteiger partial charge in [-0.1, -0.05) is 12.7 Å². The van der Waals surface area contributed by atoms with Crippen LogP contribution in [-0.4, -0.2) is 24.4 Å². The van der Waals surface area contributed by atoms with E-state index in [0.29, 0.717) is 5.57 Å². The summed E-state index contributed by atoms with van der Waals surface area (Å²) in [5.41, 5.74) is 0.653. The number of ether oxygens (including phenoxy) is 1. The summed E-state index contributed by atoms with van der Waals surface area (Å²) in [5, 5.41) is 10.8. The maximum Gasteiger partial charge on any atom is 0.338 e. The Morgan fingerprint density at radius 3 is 2.41 bits per heavy atom. The summed E-state index contributed by atoms with van der Waals surface area (Å²) in [6.07, 6.45) is 5.05. The van der Waals surface area contributed by atoms with Crippen LogP contribution in [0.4, 0.5) is 0 Å². The van der Waals surface area contributed by atoms with E-state index in [1.807, 2.05) is 6.07 Å². The molecule has 0 spiro atoms. The highest BCUT2D eigenvalue weighted by Crippen LogP contribution is 2.07. The summed E-state index contributed by atoms with van der Waals surface area (Å²) in [5.74, 6) is -1.83. The van der Waals surface area contributed by atoms with Gasteiger partial charge in [-0.2, -0.15) is 5.26 Å². The molecule has 6 heteroatoms. The number of carbonyl (C=O) groups is 3. The van der Waals surface area contributed by atoms with E-state index < -0.39 is 17.8 Å². The number of esters is 1. The molecule has 6 nitrogen and oxygen atoms in total. The van der Waals surface area contributed by atoms with Gasteiger partial charge in [0, 0.05) is 11.1 Å². The molecule has 0 aliphatic carbocycles. The van der Waals surface area contributed by atoms with Crippen LogP contribution in [0, 0.1) is 11.3 Å². The Labute approximate surface area is 129 Å². The highest BCUT2D eigenvalue weighted by atomic mass is 16.5.